The Morgan fingerprint density at radius 3 is 2.35 bits per heavy atom. The van der Waals surface area contributed by atoms with Gasteiger partial charge >= 0.3 is 5.97 Å². The highest BCUT2D eigenvalue weighted by molar-refractivity contribution is 7.92. The second-order valence-corrected chi connectivity index (χ2v) is 9.80. The number of hydrogen-bond acceptors (Lipinski definition) is 4. The van der Waals surface area contributed by atoms with Crippen molar-refractivity contribution in [1.29, 1.82) is 0 Å². The summed E-state index contributed by atoms with van der Waals surface area (Å²) in [6, 6.07) is 18.3. The average molecular weight is 432 g/mol. The Balaban J connectivity index is 1.74. The van der Waals surface area contributed by atoms with Gasteiger partial charge in [0.25, 0.3) is 10.0 Å². The molecule has 0 aromatic heterocycles. The van der Waals surface area contributed by atoms with Crippen LogP contribution in [0, 0.1) is 13.8 Å². The van der Waals surface area contributed by atoms with Crippen LogP contribution in [0.15, 0.2) is 65.6 Å². The lowest BCUT2D eigenvalue weighted by atomic mass is 9.95. The van der Waals surface area contributed by atoms with Gasteiger partial charge in [-0.25, -0.2) is 13.2 Å². The minimum absolute atomic E-state index is 0.255. The molecule has 0 amide bonds. The predicted molar refractivity (Wildman–Crippen MR) is 122 cm³/mol. The molecule has 0 saturated heterocycles. The fraction of sp³-hybridized carbons (Fsp3) is 0.160. The molecule has 0 atom stereocenters. The largest absolute Gasteiger partial charge is 0.465 e. The molecule has 4 aromatic rings. The number of nitrogens with zero attached hydrogens (tertiary/aromatic N) is 1. The fourth-order valence-corrected chi connectivity index (χ4v) is 5.92. The SMILES string of the molecule is COC(=O)c1ccc2c(c1)cc1c3c(c(C)ccc32)N(S(=O)(=O)c2ccc(C)cc2)C1. The van der Waals surface area contributed by atoms with Gasteiger partial charge in [-0.15, -0.1) is 0 Å². The molecule has 1 heterocycles. The van der Waals surface area contributed by atoms with Crippen molar-refractivity contribution >= 4 is 43.2 Å². The molecule has 0 saturated carbocycles. The second-order valence-electron chi connectivity index (χ2n) is 7.94. The third kappa shape index (κ3) is 2.90. The van der Waals surface area contributed by atoms with Crippen LogP contribution in [0.2, 0.25) is 0 Å². The highest BCUT2D eigenvalue weighted by Crippen LogP contribution is 2.45. The topological polar surface area (TPSA) is 63.7 Å². The number of methoxy groups -OCH3 is 1. The van der Waals surface area contributed by atoms with E-state index < -0.39 is 16.0 Å². The molecule has 1 aliphatic heterocycles. The van der Waals surface area contributed by atoms with Crippen molar-refractivity contribution < 1.29 is 17.9 Å². The average Bonchev–Trinajstić information content (AvgIpc) is 3.16. The molecule has 4 aromatic carbocycles. The molecule has 0 fully saturated rings. The van der Waals surface area contributed by atoms with E-state index in [-0.39, 0.29) is 11.4 Å². The molecule has 0 aliphatic carbocycles. The number of anilines is 1. The Kier molecular flexibility index (Phi) is 4.31. The van der Waals surface area contributed by atoms with E-state index in [2.05, 4.69) is 0 Å². The molecule has 0 spiro atoms. The van der Waals surface area contributed by atoms with Crippen molar-refractivity contribution in [3.05, 3.63) is 82.9 Å². The summed E-state index contributed by atoms with van der Waals surface area (Å²) in [6.45, 7) is 4.12. The third-order valence-electron chi connectivity index (χ3n) is 5.97. The molecule has 0 radical (unpaired) electrons. The Labute approximate surface area is 180 Å². The summed E-state index contributed by atoms with van der Waals surface area (Å²) in [5, 5.41) is 3.79. The van der Waals surface area contributed by atoms with Gasteiger partial charge in [0.1, 0.15) is 0 Å². The van der Waals surface area contributed by atoms with Crippen LogP contribution in [-0.2, 0) is 21.3 Å². The summed E-state index contributed by atoms with van der Waals surface area (Å²) < 4.78 is 33.4. The maximum atomic E-state index is 13.5. The molecular weight excluding hydrogens is 410 g/mol. The quantitative estimate of drug-likeness (QED) is 0.334. The van der Waals surface area contributed by atoms with Crippen LogP contribution in [0.3, 0.4) is 0 Å². The van der Waals surface area contributed by atoms with Crippen molar-refractivity contribution in [2.24, 2.45) is 0 Å². The summed E-state index contributed by atoms with van der Waals surface area (Å²) in [4.78, 5) is 12.3. The van der Waals surface area contributed by atoms with E-state index in [9.17, 15) is 13.2 Å². The normalized spacial score (nSPS) is 13.2. The summed E-state index contributed by atoms with van der Waals surface area (Å²) in [7, 11) is -2.36. The zero-order valence-corrected chi connectivity index (χ0v) is 18.3. The first kappa shape index (κ1) is 19.6. The third-order valence-corrected chi connectivity index (χ3v) is 7.73. The zero-order chi connectivity index (χ0) is 21.9. The Bertz CT molecular complexity index is 1490. The van der Waals surface area contributed by atoms with Gasteiger partial charge in [-0.2, -0.15) is 0 Å². The zero-order valence-electron chi connectivity index (χ0n) is 17.5. The smallest absolute Gasteiger partial charge is 0.337 e. The maximum absolute atomic E-state index is 13.5. The molecule has 31 heavy (non-hydrogen) atoms. The monoisotopic (exact) mass is 431 g/mol. The lowest BCUT2D eigenvalue weighted by molar-refractivity contribution is 0.0601. The van der Waals surface area contributed by atoms with Crippen LogP contribution in [0.25, 0.3) is 21.5 Å². The Hall–Kier alpha value is -3.38. The van der Waals surface area contributed by atoms with Crippen molar-refractivity contribution in [3.8, 4) is 0 Å². The number of rotatable bonds is 3. The van der Waals surface area contributed by atoms with E-state index in [1.807, 2.05) is 50.2 Å². The number of carbonyl (C=O) groups excluding carboxylic acids is 1. The number of hydrogen-bond donors (Lipinski definition) is 0. The molecule has 6 heteroatoms. The van der Waals surface area contributed by atoms with Gasteiger partial charge in [-0.3, -0.25) is 4.31 Å². The maximum Gasteiger partial charge on any atom is 0.337 e. The van der Waals surface area contributed by atoms with Gasteiger partial charge in [-0.05, 0) is 71.5 Å². The van der Waals surface area contributed by atoms with E-state index in [4.69, 9.17) is 4.74 Å². The minimum Gasteiger partial charge on any atom is -0.465 e. The van der Waals surface area contributed by atoms with Crippen molar-refractivity contribution in [2.75, 3.05) is 11.4 Å². The van der Waals surface area contributed by atoms with Crippen molar-refractivity contribution in [2.45, 2.75) is 25.3 Å². The highest BCUT2D eigenvalue weighted by atomic mass is 32.2. The van der Waals surface area contributed by atoms with Gasteiger partial charge < -0.3 is 4.74 Å². The number of ether oxygens (including phenoxy) is 1. The first-order valence-electron chi connectivity index (χ1n) is 9.98. The highest BCUT2D eigenvalue weighted by Gasteiger charge is 2.33. The van der Waals surface area contributed by atoms with Gasteiger partial charge in [0.05, 0.1) is 29.8 Å². The summed E-state index contributed by atoms with van der Waals surface area (Å²) in [5.74, 6) is -0.397. The Morgan fingerprint density at radius 1 is 0.935 bits per heavy atom. The number of fused-ring (bicyclic) bond motifs is 2. The molecule has 5 rings (SSSR count). The number of sulfonamides is 1. The summed E-state index contributed by atoms with van der Waals surface area (Å²) >= 11 is 0. The molecule has 156 valence electrons. The van der Waals surface area contributed by atoms with E-state index in [0.29, 0.717) is 5.56 Å². The molecular formula is C25H21NO4S. The van der Waals surface area contributed by atoms with E-state index in [1.165, 1.54) is 11.4 Å². The van der Waals surface area contributed by atoms with Crippen LogP contribution in [-0.4, -0.2) is 21.5 Å². The fourth-order valence-electron chi connectivity index (χ4n) is 4.40. The van der Waals surface area contributed by atoms with E-state index >= 15 is 0 Å². The van der Waals surface area contributed by atoms with Crippen LogP contribution >= 0.6 is 0 Å². The van der Waals surface area contributed by atoms with Gasteiger partial charge in [0, 0.05) is 5.39 Å². The van der Waals surface area contributed by atoms with Crippen molar-refractivity contribution in [3.63, 3.8) is 0 Å². The van der Waals surface area contributed by atoms with Crippen LogP contribution in [0.5, 0.6) is 0 Å². The lowest BCUT2D eigenvalue weighted by Gasteiger charge is -2.21. The van der Waals surface area contributed by atoms with Gasteiger partial charge in [0.2, 0.25) is 0 Å². The first-order valence-corrected chi connectivity index (χ1v) is 11.4. The summed E-state index contributed by atoms with van der Waals surface area (Å²) in [6.07, 6.45) is 0. The number of esters is 1. The number of benzene rings is 4. The molecule has 0 bridgehead atoms. The molecule has 0 N–H and O–H groups in total. The van der Waals surface area contributed by atoms with Crippen molar-refractivity contribution in [1.82, 2.24) is 0 Å². The Morgan fingerprint density at radius 2 is 1.65 bits per heavy atom. The molecule has 5 nitrogen and oxygen atoms in total. The van der Waals surface area contributed by atoms with Gasteiger partial charge in [0.15, 0.2) is 0 Å². The second kappa shape index (κ2) is 6.82. The van der Waals surface area contributed by atoms with Crippen LogP contribution in [0.4, 0.5) is 5.69 Å². The summed E-state index contributed by atoms with van der Waals surface area (Å²) in [5.41, 5.74) is 4.05. The predicted octanol–water partition coefficient (Wildman–Crippen LogP) is 5.11. The lowest BCUT2D eigenvalue weighted by Crippen LogP contribution is -2.28. The van der Waals surface area contributed by atoms with E-state index in [1.54, 1.807) is 24.3 Å². The standard InChI is InChI=1S/C25H21NO4S/c1-15-4-8-20(9-5-15)31(28,29)26-14-19-13-18-12-17(25(27)30-3)7-11-21(18)22-10-6-16(2)24(26)23(19)22/h4-13H,14H2,1-3H3. The minimum atomic E-state index is -3.72. The van der Waals surface area contributed by atoms with E-state index in [0.717, 1.165) is 43.9 Å². The van der Waals surface area contributed by atoms with Crippen LogP contribution < -0.4 is 4.31 Å². The van der Waals surface area contributed by atoms with Gasteiger partial charge in [-0.1, -0.05) is 35.9 Å². The molecule has 1 aliphatic rings. The number of aryl methyl sites for hydroxylation is 2. The molecule has 0 unspecified atom stereocenters. The first-order chi connectivity index (χ1) is 14.8. The van der Waals surface area contributed by atoms with Crippen LogP contribution in [0.1, 0.15) is 27.0 Å². The number of carbonyl (C=O) groups is 1.